The molecule has 0 spiro atoms. The van der Waals surface area contributed by atoms with E-state index in [2.05, 4.69) is 0 Å². The van der Waals surface area contributed by atoms with Gasteiger partial charge in [0.1, 0.15) is 0 Å². The number of nitrogens with one attached hydrogen (secondary N) is 1. The van der Waals surface area contributed by atoms with Crippen molar-refractivity contribution in [3.8, 4) is 0 Å². The Balaban J connectivity index is 2.25. The quantitative estimate of drug-likeness (QED) is 0.532. The molecule has 6 heteroatoms. The third kappa shape index (κ3) is 3.48. The van der Waals surface area contributed by atoms with Gasteiger partial charge in [-0.1, -0.05) is 0 Å². The van der Waals surface area contributed by atoms with E-state index in [9.17, 15) is 8.42 Å². The van der Waals surface area contributed by atoms with E-state index in [4.69, 9.17) is 9.66 Å². The summed E-state index contributed by atoms with van der Waals surface area (Å²) in [6.45, 7) is 0.218. The van der Waals surface area contributed by atoms with Crippen LogP contribution in [-0.4, -0.2) is 30.7 Å². The standard InChI is InChI=1S/C6H13NO4S/c8-6-2-1-5(3-6)4-7-12(9,10)11/h5-8H,1-4H2,(H,9,10,11). The summed E-state index contributed by atoms with van der Waals surface area (Å²) in [6.07, 6.45) is 1.84. The van der Waals surface area contributed by atoms with Gasteiger partial charge in [-0.15, -0.1) is 0 Å². The van der Waals surface area contributed by atoms with Crippen LogP contribution < -0.4 is 4.72 Å². The van der Waals surface area contributed by atoms with Crippen LogP contribution >= 0.6 is 0 Å². The second kappa shape index (κ2) is 3.69. The fraction of sp³-hybridized carbons (Fsp3) is 1.00. The summed E-state index contributed by atoms with van der Waals surface area (Å²) in [6, 6.07) is 0. The van der Waals surface area contributed by atoms with Crippen molar-refractivity contribution >= 4 is 10.3 Å². The summed E-state index contributed by atoms with van der Waals surface area (Å²) in [7, 11) is -4.06. The summed E-state index contributed by atoms with van der Waals surface area (Å²) in [5, 5.41) is 9.09. The largest absolute Gasteiger partial charge is 0.393 e. The van der Waals surface area contributed by atoms with Gasteiger partial charge in [-0.25, -0.2) is 0 Å². The van der Waals surface area contributed by atoms with E-state index in [0.29, 0.717) is 6.42 Å². The molecule has 1 saturated carbocycles. The molecule has 1 aliphatic carbocycles. The maximum absolute atomic E-state index is 10.3. The molecular weight excluding hydrogens is 182 g/mol. The molecule has 2 unspecified atom stereocenters. The van der Waals surface area contributed by atoms with Gasteiger partial charge < -0.3 is 5.11 Å². The predicted octanol–water partition coefficient (Wildman–Crippen LogP) is -0.460. The van der Waals surface area contributed by atoms with Crippen LogP contribution in [0.4, 0.5) is 0 Å². The number of hydrogen-bond acceptors (Lipinski definition) is 3. The van der Waals surface area contributed by atoms with Gasteiger partial charge in [-0.2, -0.15) is 13.1 Å². The van der Waals surface area contributed by atoms with E-state index < -0.39 is 10.3 Å². The van der Waals surface area contributed by atoms with Crippen molar-refractivity contribution in [3.05, 3.63) is 0 Å². The molecule has 1 rings (SSSR count). The van der Waals surface area contributed by atoms with E-state index in [1.54, 1.807) is 0 Å². The Bertz CT molecular complexity index is 238. The molecule has 0 aromatic heterocycles. The molecule has 0 radical (unpaired) electrons. The van der Waals surface area contributed by atoms with Crippen LogP contribution in [0.25, 0.3) is 0 Å². The van der Waals surface area contributed by atoms with Gasteiger partial charge >= 0.3 is 10.3 Å². The minimum Gasteiger partial charge on any atom is -0.393 e. The first kappa shape index (κ1) is 9.91. The molecule has 2 atom stereocenters. The van der Waals surface area contributed by atoms with Gasteiger partial charge in [-0.05, 0) is 25.2 Å². The first-order chi connectivity index (χ1) is 5.47. The average Bonchev–Trinajstić information content (AvgIpc) is 2.30. The zero-order valence-electron chi connectivity index (χ0n) is 6.60. The summed E-state index contributed by atoms with van der Waals surface area (Å²) >= 11 is 0. The third-order valence-electron chi connectivity index (χ3n) is 2.07. The van der Waals surface area contributed by atoms with Gasteiger partial charge in [0, 0.05) is 6.54 Å². The Hall–Kier alpha value is -0.170. The highest BCUT2D eigenvalue weighted by Crippen LogP contribution is 2.24. The lowest BCUT2D eigenvalue weighted by Gasteiger charge is -2.07. The minimum absolute atomic E-state index is 0.155. The number of aliphatic hydroxyl groups excluding tert-OH is 1. The van der Waals surface area contributed by atoms with Crippen LogP contribution in [-0.2, 0) is 10.3 Å². The molecule has 1 aliphatic rings. The molecule has 12 heavy (non-hydrogen) atoms. The van der Waals surface area contributed by atoms with Crippen LogP contribution in [0, 0.1) is 5.92 Å². The van der Waals surface area contributed by atoms with E-state index in [-0.39, 0.29) is 18.6 Å². The smallest absolute Gasteiger partial charge is 0.333 e. The maximum atomic E-state index is 10.3. The van der Waals surface area contributed by atoms with E-state index in [1.165, 1.54) is 0 Å². The molecule has 0 aliphatic heterocycles. The fourth-order valence-corrected chi connectivity index (χ4v) is 1.90. The van der Waals surface area contributed by atoms with Crippen LogP contribution in [0.3, 0.4) is 0 Å². The number of aliphatic hydroxyl groups is 1. The Kier molecular flexibility index (Phi) is 3.05. The van der Waals surface area contributed by atoms with Crippen molar-refractivity contribution < 1.29 is 18.1 Å². The minimum atomic E-state index is -4.06. The van der Waals surface area contributed by atoms with Crippen molar-refractivity contribution in [1.82, 2.24) is 4.72 Å². The molecule has 0 bridgehead atoms. The van der Waals surface area contributed by atoms with Crippen molar-refractivity contribution in [2.45, 2.75) is 25.4 Å². The van der Waals surface area contributed by atoms with Crippen molar-refractivity contribution in [2.75, 3.05) is 6.54 Å². The Morgan fingerprint density at radius 1 is 1.42 bits per heavy atom. The molecule has 72 valence electrons. The SMILES string of the molecule is O=S(=O)(O)NCC1CCC(O)C1. The molecule has 0 heterocycles. The first-order valence-electron chi connectivity index (χ1n) is 3.87. The number of hydrogen-bond donors (Lipinski definition) is 3. The lowest BCUT2D eigenvalue weighted by atomic mass is 10.1. The Morgan fingerprint density at radius 2 is 2.08 bits per heavy atom. The average molecular weight is 195 g/mol. The Morgan fingerprint density at radius 3 is 2.50 bits per heavy atom. The van der Waals surface area contributed by atoms with Crippen LogP contribution in [0.2, 0.25) is 0 Å². The highest BCUT2D eigenvalue weighted by atomic mass is 32.2. The van der Waals surface area contributed by atoms with Gasteiger partial charge in [0.25, 0.3) is 0 Å². The van der Waals surface area contributed by atoms with Crippen molar-refractivity contribution in [2.24, 2.45) is 5.92 Å². The summed E-state index contributed by atoms with van der Waals surface area (Å²) in [4.78, 5) is 0. The van der Waals surface area contributed by atoms with E-state index in [0.717, 1.165) is 12.8 Å². The Labute approximate surface area is 71.7 Å². The van der Waals surface area contributed by atoms with Gasteiger partial charge in [0.15, 0.2) is 0 Å². The monoisotopic (exact) mass is 195 g/mol. The van der Waals surface area contributed by atoms with Crippen LogP contribution in [0.15, 0.2) is 0 Å². The van der Waals surface area contributed by atoms with Gasteiger partial charge in [0.2, 0.25) is 0 Å². The zero-order valence-corrected chi connectivity index (χ0v) is 7.42. The first-order valence-corrected chi connectivity index (χ1v) is 5.31. The summed E-state index contributed by atoms with van der Waals surface area (Å²) in [5.41, 5.74) is 0. The molecule has 0 amide bonds. The highest BCUT2D eigenvalue weighted by molar-refractivity contribution is 7.83. The lowest BCUT2D eigenvalue weighted by molar-refractivity contribution is 0.177. The molecule has 3 N–H and O–H groups in total. The lowest BCUT2D eigenvalue weighted by Crippen LogP contribution is -2.27. The van der Waals surface area contributed by atoms with Crippen LogP contribution in [0.1, 0.15) is 19.3 Å². The zero-order chi connectivity index (χ0) is 9.19. The molecule has 1 fully saturated rings. The molecule has 5 nitrogen and oxygen atoms in total. The second-order valence-corrected chi connectivity index (χ2v) is 4.40. The van der Waals surface area contributed by atoms with Crippen molar-refractivity contribution in [1.29, 1.82) is 0 Å². The van der Waals surface area contributed by atoms with E-state index in [1.807, 2.05) is 4.72 Å². The second-order valence-electron chi connectivity index (χ2n) is 3.16. The molecule has 0 aromatic carbocycles. The van der Waals surface area contributed by atoms with Gasteiger partial charge in [0.05, 0.1) is 6.10 Å². The van der Waals surface area contributed by atoms with Crippen LogP contribution in [0.5, 0.6) is 0 Å². The third-order valence-corrected chi connectivity index (χ3v) is 2.60. The molecule has 0 saturated heterocycles. The van der Waals surface area contributed by atoms with Crippen molar-refractivity contribution in [3.63, 3.8) is 0 Å². The number of rotatable bonds is 3. The molecule has 0 aromatic rings. The maximum Gasteiger partial charge on any atom is 0.333 e. The molecular formula is C6H13NO4S. The predicted molar refractivity (Wildman–Crippen MR) is 42.9 cm³/mol. The summed E-state index contributed by atoms with van der Waals surface area (Å²) < 4.78 is 30.8. The summed E-state index contributed by atoms with van der Waals surface area (Å²) in [5.74, 6) is 0.155. The normalized spacial score (nSPS) is 30.8. The fourth-order valence-electron chi connectivity index (χ4n) is 1.46. The topological polar surface area (TPSA) is 86.6 Å². The van der Waals surface area contributed by atoms with E-state index >= 15 is 0 Å². The van der Waals surface area contributed by atoms with Gasteiger partial charge in [-0.3, -0.25) is 4.55 Å². The highest BCUT2D eigenvalue weighted by Gasteiger charge is 2.23.